The van der Waals surface area contributed by atoms with Crippen LogP contribution < -0.4 is 11.5 Å². The van der Waals surface area contributed by atoms with Gasteiger partial charge in [0, 0.05) is 6.42 Å². The molecule has 0 saturated heterocycles. The van der Waals surface area contributed by atoms with Gasteiger partial charge in [0.2, 0.25) is 0 Å². The van der Waals surface area contributed by atoms with E-state index in [0.717, 1.165) is 12.8 Å². The summed E-state index contributed by atoms with van der Waals surface area (Å²) in [5.41, 5.74) is 9.00. The Kier molecular flexibility index (Phi) is 44.6. The van der Waals surface area contributed by atoms with E-state index in [1.54, 1.807) is 0 Å². The monoisotopic (exact) mass is 380 g/mol. The number of carboxylic acids is 1. The van der Waals surface area contributed by atoms with Gasteiger partial charge in [0.25, 0.3) is 0 Å². The summed E-state index contributed by atoms with van der Waals surface area (Å²) in [6, 6.07) is 0. The molecule has 0 aliphatic carbocycles. The average molecular weight is 381 g/mol. The highest BCUT2D eigenvalue weighted by Gasteiger charge is 1.95. The van der Waals surface area contributed by atoms with Crippen molar-refractivity contribution in [3.63, 3.8) is 0 Å². The lowest BCUT2D eigenvalue weighted by atomic mass is 10.1. The smallest absolute Gasteiger partial charge is 0.303 e. The summed E-state index contributed by atoms with van der Waals surface area (Å²) in [4.78, 5) is 10.3. The van der Waals surface area contributed by atoms with E-state index in [2.05, 4.69) is 30.5 Å². The molecule has 0 aromatic carbocycles. The van der Waals surface area contributed by atoms with Gasteiger partial charge in [-0.15, -0.1) is 12.4 Å². The summed E-state index contributed by atoms with van der Waals surface area (Å²) in [5.74, 6) is -0.664. The van der Waals surface area contributed by atoms with Crippen LogP contribution in [-0.2, 0) is 4.79 Å². The summed E-state index contributed by atoms with van der Waals surface area (Å²) in [6.07, 6.45) is 21.2. The fourth-order valence-corrected chi connectivity index (χ4v) is 2.35. The molecule has 0 spiro atoms. The highest BCUT2D eigenvalue weighted by Crippen LogP contribution is 2.09. The summed E-state index contributed by atoms with van der Waals surface area (Å²) in [7, 11) is 3.00. The van der Waals surface area contributed by atoms with E-state index >= 15 is 0 Å². The standard InChI is InChI=1S/C18H34O2.2CH5N.ClH/c1-2-3-4-5-6-7-8-9-10-11-12-13-14-15-16-17-18(19)20;2*1-2;/h9-10H,2-8,11-17H2,1H3,(H,19,20);2*2H2,1H3;1H/b10-9-;;;. The molecule has 0 fully saturated rings. The van der Waals surface area contributed by atoms with Crippen molar-refractivity contribution in [2.45, 2.75) is 96.8 Å². The fourth-order valence-electron chi connectivity index (χ4n) is 2.35. The van der Waals surface area contributed by atoms with Gasteiger partial charge in [-0.2, -0.15) is 0 Å². The Bertz CT molecular complexity index is 250. The Morgan fingerprint density at radius 1 is 0.720 bits per heavy atom. The largest absolute Gasteiger partial charge is 0.481 e. The van der Waals surface area contributed by atoms with E-state index in [1.807, 2.05) is 0 Å². The quantitative estimate of drug-likeness (QED) is 0.252. The van der Waals surface area contributed by atoms with Gasteiger partial charge in [0.15, 0.2) is 0 Å². The maximum atomic E-state index is 10.3. The molecule has 0 aliphatic rings. The number of rotatable bonds is 15. The Morgan fingerprint density at radius 3 is 1.48 bits per heavy atom. The van der Waals surface area contributed by atoms with Crippen LogP contribution in [0.15, 0.2) is 12.2 Å². The van der Waals surface area contributed by atoms with Gasteiger partial charge in [-0.1, -0.05) is 70.4 Å². The first-order valence-electron chi connectivity index (χ1n) is 9.79. The molecule has 25 heavy (non-hydrogen) atoms. The molecule has 0 bridgehead atoms. The molecule has 154 valence electrons. The molecule has 0 atom stereocenters. The van der Waals surface area contributed by atoms with Crippen LogP contribution in [0.25, 0.3) is 0 Å². The van der Waals surface area contributed by atoms with E-state index in [-0.39, 0.29) is 12.4 Å². The Balaban J connectivity index is -0.000000408. The number of allylic oxidation sites excluding steroid dienone is 2. The maximum Gasteiger partial charge on any atom is 0.303 e. The summed E-state index contributed by atoms with van der Waals surface area (Å²) < 4.78 is 0. The molecule has 4 nitrogen and oxygen atoms in total. The third-order valence-corrected chi connectivity index (χ3v) is 3.65. The first-order chi connectivity index (χ1) is 11.8. The predicted octanol–water partition coefficient (Wildman–Crippen LogP) is 5.68. The van der Waals surface area contributed by atoms with E-state index < -0.39 is 5.97 Å². The van der Waals surface area contributed by atoms with Crippen molar-refractivity contribution >= 4 is 18.4 Å². The van der Waals surface area contributed by atoms with Gasteiger partial charge in [-0.05, 0) is 46.2 Å². The van der Waals surface area contributed by atoms with Crippen LogP contribution in [-0.4, -0.2) is 25.2 Å². The molecule has 0 heterocycles. The van der Waals surface area contributed by atoms with Crippen molar-refractivity contribution in [1.82, 2.24) is 0 Å². The molecule has 0 aromatic rings. The molecular weight excluding hydrogens is 336 g/mol. The molecule has 0 aromatic heterocycles. The number of hydrogen-bond donors (Lipinski definition) is 3. The molecule has 0 radical (unpaired) electrons. The number of aliphatic carboxylic acids is 1. The SMILES string of the molecule is CCCCCCCC/C=C\CCCCCCCC(=O)O.CN.CN.Cl. The number of unbranched alkanes of at least 4 members (excludes halogenated alkanes) is 11. The van der Waals surface area contributed by atoms with Crippen LogP contribution in [0.2, 0.25) is 0 Å². The predicted molar refractivity (Wildman–Crippen MR) is 115 cm³/mol. The Hall–Kier alpha value is -0.580. The highest BCUT2D eigenvalue weighted by atomic mass is 35.5. The van der Waals surface area contributed by atoms with Crippen LogP contribution in [0.5, 0.6) is 0 Å². The first kappa shape index (κ1) is 32.1. The van der Waals surface area contributed by atoms with Crippen molar-refractivity contribution in [1.29, 1.82) is 0 Å². The minimum atomic E-state index is -0.664. The molecular formula is C20H45ClN2O2. The number of nitrogens with two attached hydrogens (primary N) is 2. The summed E-state index contributed by atoms with van der Waals surface area (Å²) in [5, 5.41) is 8.51. The van der Waals surface area contributed by atoms with Gasteiger partial charge in [0.05, 0.1) is 0 Å². The third-order valence-electron chi connectivity index (χ3n) is 3.65. The van der Waals surface area contributed by atoms with Gasteiger partial charge in [-0.25, -0.2) is 0 Å². The Morgan fingerprint density at radius 2 is 1.08 bits per heavy atom. The maximum absolute atomic E-state index is 10.3. The molecule has 0 saturated carbocycles. The van der Waals surface area contributed by atoms with Crippen molar-refractivity contribution in [3.8, 4) is 0 Å². The second kappa shape index (κ2) is 34.7. The lowest BCUT2D eigenvalue weighted by Gasteiger charge is -1.99. The molecule has 5 N–H and O–H groups in total. The van der Waals surface area contributed by atoms with Gasteiger partial charge in [0.1, 0.15) is 0 Å². The van der Waals surface area contributed by atoms with Gasteiger partial charge < -0.3 is 16.6 Å². The zero-order valence-electron chi connectivity index (χ0n) is 17.0. The second-order valence-electron chi connectivity index (χ2n) is 5.73. The van der Waals surface area contributed by atoms with Crippen molar-refractivity contribution in [2.24, 2.45) is 11.5 Å². The fraction of sp³-hybridized carbons (Fsp3) is 0.850. The minimum absolute atomic E-state index is 0. The van der Waals surface area contributed by atoms with Crippen LogP contribution in [0.4, 0.5) is 0 Å². The third kappa shape index (κ3) is 39.9. The van der Waals surface area contributed by atoms with Crippen LogP contribution in [0.3, 0.4) is 0 Å². The van der Waals surface area contributed by atoms with E-state index in [1.165, 1.54) is 84.7 Å². The molecule has 0 rings (SSSR count). The van der Waals surface area contributed by atoms with Gasteiger partial charge in [-0.3, -0.25) is 4.79 Å². The van der Waals surface area contributed by atoms with E-state index in [9.17, 15) is 4.79 Å². The summed E-state index contributed by atoms with van der Waals surface area (Å²) in [6.45, 7) is 2.26. The van der Waals surface area contributed by atoms with Crippen LogP contribution in [0, 0.1) is 0 Å². The van der Waals surface area contributed by atoms with Crippen LogP contribution in [0.1, 0.15) is 96.8 Å². The van der Waals surface area contributed by atoms with Gasteiger partial charge >= 0.3 is 5.97 Å². The topological polar surface area (TPSA) is 89.3 Å². The number of hydrogen-bond acceptors (Lipinski definition) is 3. The molecule has 0 amide bonds. The number of halogens is 1. The van der Waals surface area contributed by atoms with Crippen molar-refractivity contribution in [3.05, 3.63) is 12.2 Å². The second-order valence-corrected chi connectivity index (χ2v) is 5.73. The summed E-state index contributed by atoms with van der Waals surface area (Å²) >= 11 is 0. The van der Waals surface area contributed by atoms with E-state index in [0.29, 0.717) is 6.42 Å². The average Bonchev–Trinajstić information content (AvgIpc) is 2.61. The normalized spacial score (nSPS) is 9.48. The van der Waals surface area contributed by atoms with Crippen molar-refractivity contribution in [2.75, 3.05) is 14.1 Å². The van der Waals surface area contributed by atoms with Crippen LogP contribution >= 0.6 is 12.4 Å². The minimum Gasteiger partial charge on any atom is -0.481 e. The van der Waals surface area contributed by atoms with E-state index in [4.69, 9.17) is 5.11 Å². The first-order valence-corrected chi connectivity index (χ1v) is 9.79. The molecule has 0 unspecified atom stereocenters. The lowest BCUT2D eigenvalue weighted by Crippen LogP contribution is -1.93. The zero-order valence-corrected chi connectivity index (χ0v) is 17.8. The van der Waals surface area contributed by atoms with Crippen molar-refractivity contribution < 1.29 is 9.90 Å². The number of carboxylic acid groups (broad SMARTS) is 1. The molecule has 0 aliphatic heterocycles. The lowest BCUT2D eigenvalue weighted by molar-refractivity contribution is -0.137. The number of carbonyl (C=O) groups is 1. The molecule has 5 heteroatoms. The zero-order chi connectivity index (χ0) is 18.9. The highest BCUT2D eigenvalue weighted by molar-refractivity contribution is 5.85. The Labute approximate surface area is 163 Å².